The molecule has 142 valence electrons. The van der Waals surface area contributed by atoms with Gasteiger partial charge in [-0.15, -0.1) is 11.3 Å². The predicted molar refractivity (Wildman–Crippen MR) is 108 cm³/mol. The van der Waals surface area contributed by atoms with Crippen LogP contribution in [0.3, 0.4) is 0 Å². The molecule has 2 unspecified atom stereocenters. The molecular formula is C21H25N3O2S. The quantitative estimate of drug-likeness (QED) is 0.754. The van der Waals surface area contributed by atoms with Crippen LogP contribution >= 0.6 is 11.3 Å². The molecule has 4 rings (SSSR count). The summed E-state index contributed by atoms with van der Waals surface area (Å²) >= 11 is 1.40. The first kappa shape index (κ1) is 18.2. The number of carbonyl (C=O) groups excluding carboxylic acids is 2. The largest absolute Gasteiger partial charge is 0.349 e. The van der Waals surface area contributed by atoms with Gasteiger partial charge in [0.05, 0.1) is 4.88 Å². The summed E-state index contributed by atoms with van der Waals surface area (Å²) in [6, 6.07) is 11.2. The molecule has 2 aliphatic carbocycles. The van der Waals surface area contributed by atoms with E-state index < -0.39 is 0 Å². The first-order valence-electron chi connectivity index (χ1n) is 9.61. The van der Waals surface area contributed by atoms with Gasteiger partial charge in [-0.05, 0) is 73.2 Å². The van der Waals surface area contributed by atoms with E-state index >= 15 is 0 Å². The molecule has 2 saturated carbocycles. The van der Waals surface area contributed by atoms with Crippen molar-refractivity contribution >= 4 is 28.8 Å². The van der Waals surface area contributed by atoms with Crippen LogP contribution in [0, 0.1) is 11.8 Å². The van der Waals surface area contributed by atoms with Crippen molar-refractivity contribution in [2.75, 3.05) is 5.32 Å². The molecule has 2 aliphatic rings. The Morgan fingerprint density at radius 2 is 1.70 bits per heavy atom. The predicted octanol–water partition coefficient (Wildman–Crippen LogP) is 3.64. The van der Waals surface area contributed by atoms with E-state index in [0.717, 1.165) is 25.7 Å². The number of fused-ring (bicyclic) bond motifs is 2. The molecule has 2 aromatic rings. The Bertz CT molecular complexity index is 789. The zero-order chi connectivity index (χ0) is 18.8. The van der Waals surface area contributed by atoms with Crippen LogP contribution in [0.2, 0.25) is 0 Å². The third-order valence-corrected chi connectivity index (χ3v) is 6.69. The first-order valence-corrected chi connectivity index (χ1v) is 10.5. The van der Waals surface area contributed by atoms with Crippen molar-refractivity contribution in [3.8, 4) is 0 Å². The zero-order valence-corrected chi connectivity index (χ0v) is 16.0. The van der Waals surface area contributed by atoms with Gasteiger partial charge in [0.25, 0.3) is 11.8 Å². The van der Waals surface area contributed by atoms with E-state index in [-0.39, 0.29) is 23.9 Å². The van der Waals surface area contributed by atoms with E-state index in [4.69, 9.17) is 5.73 Å². The van der Waals surface area contributed by atoms with Crippen LogP contribution in [-0.4, -0.2) is 23.9 Å². The molecule has 0 aliphatic heterocycles. The summed E-state index contributed by atoms with van der Waals surface area (Å²) in [4.78, 5) is 25.5. The highest BCUT2D eigenvalue weighted by Crippen LogP contribution is 2.39. The Balaban J connectivity index is 1.38. The summed E-state index contributed by atoms with van der Waals surface area (Å²) in [6.45, 7) is 0. The van der Waals surface area contributed by atoms with Crippen LogP contribution in [0.15, 0.2) is 41.8 Å². The van der Waals surface area contributed by atoms with Crippen molar-refractivity contribution in [3.63, 3.8) is 0 Å². The molecule has 0 radical (unpaired) electrons. The lowest BCUT2D eigenvalue weighted by molar-refractivity contribution is 0.0756. The van der Waals surface area contributed by atoms with Crippen LogP contribution in [0.25, 0.3) is 0 Å². The molecule has 0 spiro atoms. The van der Waals surface area contributed by atoms with E-state index in [1.165, 1.54) is 17.8 Å². The topological polar surface area (TPSA) is 84.2 Å². The lowest BCUT2D eigenvalue weighted by Gasteiger charge is -2.45. The van der Waals surface area contributed by atoms with Gasteiger partial charge < -0.3 is 16.4 Å². The molecule has 5 nitrogen and oxygen atoms in total. The van der Waals surface area contributed by atoms with Gasteiger partial charge in [0.15, 0.2) is 0 Å². The highest BCUT2D eigenvalue weighted by atomic mass is 32.1. The second-order valence-corrected chi connectivity index (χ2v) is 8.64. The lowest BCUT2D eigenvalue weighted by Crippen LogP contribution is -2.53. The molecule has 4 N–H and O–H groups in total. The van der Waals surface area contributed by atoms with E-state index in [1.807, 2.05) is 11.4 Å². The third kappa shape index (κ3) is 4.06. The standard InChI is InChI=1S/C21H25N3O2S/c22-16-11-14-3-1-4-15(12-16)19(14)24-20(25)13-6-8-17(9-7-13)23-21(26)18-5-2-10-27-18/h2,5-10,14-16,19H,1,3-4,11-12,22H2,(H,23,26)(H,24,25). The fourth-order valence-corrected chi connectivity index (χ4v) is 5.18. The zero-order valence-electron chi connectivity index (χ0n) is 15.2. The van der Waals surface area contributed by atoms with Crippen LogP contribution in [0.1, 0.15) is 52.1 Å². The molecule has 2 amide bonds. The summed E-state index contributed by atoms with van der Waals surface area (Å²) in [5.74, 6) is 0.832. The minimum Gasteiger partial charge on any atom is -0.349 e. The number of rotatable bonds is 4. The van der Waals surface area contributed by atoms with Gasteiger partial charge in [0.1, 0.15) is 0 Å². The summed E-state index contributed by atoms with van der Waals surface area (Å²) in [6.07, 6.45) is 5.57. The molecule has 1 aromatic carbocycles. The number of hydrogen-bond acceptors (Lipinski definition) is 4. The smallest absolute Gasteiger partial charge is 0.265 e. The number of benzene rings is 1. The highest BCUT2D eigenvalue weighted by Gasteiger charge is 2.39. The second kappa shape index (κ2) is 7.82. The number of anilines is 1. The summed E-state index contributed by atoms with van der Waals surface area (Å²) in [5.41, 5.74) is 7.48. The van der Waals surface area contributed by atoms with Crippen molar-refractivity contribution in [1.82, 2.24) is 5.32 Å². The van der Waals surface area contributed by atoms with Crippen LogP contribution in [0.4, 0.5) is 5.69 Å². The van der Waals surface area contributed by atoms with Crippen molar-refractivity contribution in [2.24, 2.45) is 17.6 Å². The van der Waals surface area contributed by atoms with Crippen molar-refractivity contribution in [2.45, 2.75) is 44.2 Å². The molecule has 6 heteroatoms. The van der Waals surface area contributed by atoms with E-state index in [2.05, 4.69) is 10.6 Å². The fourth-order valence-electron chi connectivity index (χ4n) is 4.56. The van der Waals surface area contributed by atoms with Crippen molar-refractivity contribution in [3.05, 3.63) is 52.2 Å². The normalized spacial score (nSPS) is 27.0. The molecular weight excluding hydrogens is 358 g/mol. The Hall–Kier alpha value is -2.18. The maximum absolute atomic E-state index is 12.7. The number of nitrogens with one attached hydrogen (secondary N) is 2. The van der Waals surface area contributed by atoms with Gasteiger partial charge in [0.2, 0.25) is 0 Å². The maximum atomic E-state index is 12.7. The van der Waals surface area contributed by atoms with Gasteiger partial charge in [-0.2, -0.15) is 0 Å². The molecule has 2 fully saturated rings. The molecule has 27 heavy (non-hydrogen) atoms. The average Bonchev–Trinajstić information content (AvgIpc) is 3.18. The monoisotopic (exact) mass is 383 g/mol. The summed E-state index contributed by atoms with van der Waals surface area (Å²) in [5, 5.41) is 7.99. The second-order valence-electron chi connectivity index (χ2n) is 7.69. The fraction of sp³-hybridized carbons (Fsp3) is 0.429. The highest BCUT2D eigenvalue weighted by molar-refractivity contribution is 7.12. The van der Waals surface area contributed by atoms with Crippen LogP contribution in [0.5, 0.6) is 0 Å². The van der Waals surface area contributed by atoms with E-state index in [0.29, 0.717) is 28.0 Å². The number of thiophene rings is 1. The maximum Gasteiger partial charge on any atom is 0.265 e. The molecule has 2 atom stereocenters. The Kier molecular flexibility index (Phi) is 5.27. The number of nitrogens with two attached hydrogens (primary N) is 1. The molecule has 2 bridgehead atoms. The molecule has 0 saturated heterocycles. The molecule has 1 aromatic heterocycles. The Labute approximate surface area is 163 Å². The van der Waals surface area contributed by atoms with Crippen molar-refractivity contribution < 1.29 is 9.59 Å². The van der Waals surface area contributed by atoms with E-state index in [9.17, 15) is 9.59 Å². The Morgan fingerprint density at radius 3 is 2.33 bits per heavy atom. The SMILES string of the molecule is NC1CC2CCCC(C1)C2NC(=O)c1ccc(NC(=O)c2cccs2)cc1. The Morgan fingerprint density at radius 1 is 1.00 bits per heavy atom. The number of amides is 2. The minimum absolute atomic E-state index is 0.0384. The van der Waals surface area contributed by atoms with Crippen molar-refractivity contribution in [1.29, 1.82) is 0 Å². The van der Waals surface area contributed by atoms with Gasteiger partial charge in [0, 0.05) is 23.3 Å². The number of hydrogen-bond donors (Lipinski definition) is 3. The third-order valence-electron chi connectivity index (χ3n) is 5.82. The number of carbonyl (C=O) groups is 2. The average molecular weight is 384 g/mol. The van der Waals surface area contributed by atoms with Gasteiger partial charge in [-0.1, -0.05) is 12.5 Å². The van der Waals surface area contributed by atoms with Gasteiger partial charge in [-0.25, -0.2) is 0 Å². The van der Waals surface area contributed by atoms with Gasteiger partial charge >= 0.3 is 0 Å². The summed E-state index contributed by atoms with van der Waals surface area (Å²) in [7, 11) is 0. The van der Waals surface area contributed by atoms with Gasteiger partial charge in [-0.3, -0.25) is 9.59 Å². The summed E-state index contributed by atoms with van der Waals surface area (Å²) < 4.78 is 0. The van der Waals surface area contributed by atoms with Crippen LogP contribution in [-0.2, 0) is 0 Å². The molecule has 1 heterocycles. The lowest BCUT2D eigenvalue weighted by atomic mass is 9.67. The van der Waals surface area contributed by atoms with E-state index in [1.54, 1.807) is 30.3 Å². The van der Waals surface area contributed by atoms with Crippen LogP contribution < -0.4 is 16.4 Å². The minimum atomic E-state index is -0.131. The first-order chi connectivity index (χ1) is 13.1.